The Hall–Kier alpha value is -3.66. The summed E-state index contributed by atoms with van der Waals surface area (Å²) in [5.41, 5.74) is 8.75. The normalized spacial score (nSPS) is 16.2. The number of rotatable bonds is 3. The zero-order valence-corrected chi connectivity index (χ0v) is 17.2. The van der Waals surface area contributed by atoms with Crippen LogP contribution in [0.3, 0.4) is 0 Å². The van der Waals surface area contributed by atoms with E-state index in [1.165, 1.54) is 0 Å². The second-order valence-electron chi connectivity index (χ2n) is 7.79. The summed E-state index contributed by atoms with van der Waals surface area (Å²) in [6.07, 6.45) is 2.51. The monoisotopic (exact) mass is 401 g/mol. The Labute approximate surface area is 174 Å². The first-order valence-corrected chi connectivity index (χ1v) is 9.90. The molecule has 1 aromatic carbocycles. The fourth-order valence-electron chi connectivity index (χ4n) is 3.67. The molecule has 1 aliphatic heterocycles. The summed E-state index contributed by atoms with van der Waals surface area (Å²) in [4.78, 5) is 30.2. The van der Waals surface area contributed by atoms with Gasteiger partial charge in [0.2, 0.25) is 5.91 Å². The van der Waals surface area contributed by atoms with Crippen LogP contribution in [-0.2, 0) is 4.79 Å². The molecule has 1 saturated heterocycles. The van der Waals surface area contributed by atoms with E-state index < -0.39 is 5.91 Å². The van der Waals surface area contributed by atoms with Gasteiger partial charge in [-0.05, 0) is 38.5 Å². The third-order valence-electron chi connectivity index (χ3n) is 5.29. The third kappa shape index (κ3) is 3.52. The molecule has 0 radical (unpaired) electrons. The quantitative estimate of drug-likeness (QED) is 0.683. The summed E-state index contributed by atoms with van der Waals surface area (Å²) in [5.74, 6) is 5.43. The van der Waals surface area contributed by atoms with Crippen LogP contribution in [-0.4, -0.2) is 45.1 Å². The van der Waals surface area contributed by atoms with Gasteiger partial charge in [0.05, 0.1) is 17.4 Å². The zero-order valence-electron chi connectivity index (χ0n) is 17.2. The van der Waals surface area contributed by atoms with Crippen LogP contribution < -0.4 is 5.73 Å². The topological polar surface area (TPSA) is 94.1 Å². The standard InChI is InChI=1S/C23H23N5O2/c1-14(2)28-20-12-19(22(24)29)26-21(18(20)13-25-28)17-6-4-5-15(11-17)7-8-16-9-10-27(3)23(16)30/h4-6,11-14,16H,9-10H2,1-3H3,(H2,24,29)/t16-/m1/s1. The molecule has 1 atom stereocenters. The van der Waals surface area contributed by atoms with Gasteiger partial charge in [-0.3, -0.25) is 14.3 Å². The van der Waals surface area contributed by atoms with Gasteiger partial charge in [0.25, 0.3) is 5.91 Å². The van der Waals surface area contributed by atoms with Gasteiger partial charge in [-0.25, -0.2) is 4.98 Å². The number of fused-ring (bicyclic) bond motifs is 1. The average molecular weight is 401 g/mol. The largest absolute Gasteiger partial charge is 0.364 e. The number of hydrogen-bond acceptors (Lipinski definition) is 4. The van der Waals surface area contributed by atoms with E-state index in [0.717, 1.165) is 35.0 Å². The lowest BCUT2D eigenvalue weighted by Crippen LogP contribution is -2.21. The zero-order chi connectivity index (χ0) is 21.4. The maximum absolute atomic E-state index is 12.1. The molecular formula is C23H23N5O2. The first kappa shape index (κ1) is 19.6. The van der Waals surface area contributed by atoms with Crippen LogP contribution in [0.2, 0.25) is 0 Å². The molecule has 152 valence electrons. The van der Waals surface area contributed by atoms with Crippen LogP contribution in [0.15, 0.2) is 36.5 Å². The molecule has 0 aliphatic carbocycles. The van der Waals surface area contributed by atoms with Gasteiger partial charge >= 0.3 is 0 Å². The van der Waals surface area contributed by atoms with Crippen molar-refractivity contribution in [3.8, 4) is 23.1 Å². The molecule has 3 aromatic rings. The van der Waals surface area contributed by atoms with E-state index in [2.05, 4.69) is 21.9 Å². The Bertz CT molecular complexity index is 1220. The molecule has 0 bridgehead atoms. The second-order valence-corrected chi connectivity index (χ2v) is 7.79. The van der Waals surface area contributed by atoms with E-state index in [1.54, 1.807) is 24.2 Å². The van der Waals surface area contributed by atoms with Crippen molar-refractivity contribution in [2.24, 2.45) is 11.7 Å². The molecule has 2 aromatic heterocycles. The lowest BCUT2D eigenvalue weighted by molar-refractivity contribution is -0.128. The Morgan fingerprint density at radius 3 is 2.77 bits per heavy atom. The molecule has 1 fully saturated rings. The molecule has 4 rings (SSSR count). The summed E-state index contributed by atoms with van der Waals surface area (Å²) < 4.78 is 1.85. The molecule has 0 spiro atoms. The molecule has 0 unspecified atom stereocenters. The molecular weight excluding hydrogens is 378 g/mol. The van der Waals surface area contributed by atoms with Crippen LogP contribution >= 0.6 is 0 Å². The van der Waals surface area contributed by atoms with E-state index in [4.69, 9.17) is 5.73 Å². The molecule has 3 heterocycles. The minimum absolute atomic E-state index is 0.0669. The van der Waals surface area contributed by atoms with Crippen molar-refractivity contribution in [3.05, 3.63) is 47.8 Å². The summed E-state index contributed by atoms with van der Waals surface area (Å²) in [6, 6.07) is 9.41. The number of primary amides is 1. The van der Waals surface area contributed by atoms with E-state index in [9.17, 15) is 9.59 Å². The number of aromatic nitrogens is 3. The number of likely N-dealkylation sites (tertiary alicyclic amines) is 1. The minimum Gasteiger partial charge on any atom is -0.364 e. The predicted molar refractivity (Wildman–Crippen MR) is 114 cm³/mol. The first-order chi connectivity index (χ1) is 14.3. The number of amides is 2. The van der Waals surface area contributed by atoms with Crippen LogP contribution in [0, 0.1) is 17.8 Å². The summed E-state index contributed by atoms with van der Waals surface area (Å²) >= 11 is 0. The number of pyridine rings is 1. The maximum Gasteiger partial charge on any atom is 0.267 e. The summed E-state index contributed by atoms with van der Waals surface area (Å²) in [5, 5.41) is 5.30. The Balaban J connectivity index is 1.79. The minimum atomic E-state index is -0.588. The van der Waals surface area contributed by atoms with Crippen molar-refractivity contribution >= 4 is 22.7 Å². The van der Waals surface area contributed by atoms with Gasteiger partial charge in [0.1, 0.15) is 11.6 Å². The van der Waals surface area contributed by atoms with Gasteiger partial charge < -0.3 is 10.6 Å². The van der Waals surface area contributed by atoms with E-state index in [1.807, 2.05) is 42.8 Å². The Kier molecular flexibility index (Phi) is 5.00. The highest BCUT2D eigenvalue weighted by molar-refractivity contribution is 5.99. The molecule has 0 saturated carbocycles. The molecule has 1 aliphatic rings. The van der Waals surface area contributed by atoms with E-state index in [0.29, 0.717) is 5.69 Å². The number of nitrogens with two attached hydrogens (primary N) is 1. The Morgan fingerprint density at radius 1 is 1.30 bits per heavy atom. The fraction of sp³-hybridized carbons (Fsp3) is 0.304. The first-order valence-electron chi connectivity index (χ1n) is 9.90. The fourth-order valence-corrected chi connectivity index (χ4v) is 3.67. The maximum atomic E-state index is 12.1. The number of nitrogens with zero attached hydrogens (tertiary/aromatic N) is 4. The van der Waals surface area contributed by atoms with Gasteiger partial charge in [-0.15, -0.1) is 0 Å². The SMILES string of the molecule is CC(C)n1ncc2c(-c3cccc(C#C[C@@H]4CCN(C)C4=O)c3)nc(C(N)=O)cc21. The molecule has 7 nitrogen and oxygen atoms in total. The van der Waals surface area contributed by atoms with Crippen molar-refractivity contribution in [2.45, 2.75) is 26.3 Å². The number of benzene rings is 1. The van der Waals surface area contributed by atoms with Crippen molar-refractivity contribution < 1.29 is 9.59 Å². The van der Waals surface area contributed by atoms with Crippen LogP contribution in [0.1, 0.15) is 42.4 Å². The van der Waals surface area contributed by atoms with Crippen LogP contribution in [0.25, 0.3) is 22.2 Å². The summed E-state index contributed by atoms with van der Waals surface area (Å²) in [7, 11) is 1.80. The smallest absolute Gasteiger partial charge is 0.267 e. The lowest BCUT2D eigenvalue weighted by Gasteiger charge is -2.10. The van der Waals surface area contributed by atoms with Crippen molar-refractivity contribution in [2.75, 3.05) is 13.6 Å². The van der Waals surface area contributed by atoms with E-state index >= 15 is 0 Å². The molecule has 2 N–H and O–H groups in total. The summed E-state index contributed by atoms with van der Waals surface area (Å²) in [6.45, 7) is 4.78. The van der Waals surface area contributed by atoms with Gasteiger partial charge in [0.15, 0.2) is 0 Å². The van der Waals surface area contributed by atoms with Crippen LogP contribution in [0.5, 0.6) is 0 Å². The molecule has 30 heavy (non-hydrogen) atoms. The van der Waals surface area contributed by atoms with Gasteiger partial charge in [-0.2, -0.15) is 5.10 Å². The average Bonchev–Trinajstić information content (AvgIpc) is 3.30. The highest BCUT2D eigenvalue weighted by atomic mass is 16.2. The highest BCUT2D eigenvalue weighted by Gasteiger charge is 2.27. The Morgan fingerprint density at radius 2 is 2.10 bits per heavy atom. The van der Waals surface area contributed by atoms with Crippen molar-refractivity contribution in [1.82, 2.24) is 19.7 Å². The highest BCUT2D eigenvalue weighted by Crippen LogP contribution is 2.29. The van der Waals surface area contributed by atoms with Gasteiger partial charge in [0, 0.05) is 36.1 Å². The lowest BCUT2D eigenvalue weighted by atomic mass is 10.0. The van der Waals surface area contributed by atoms with Crippen LogP contribution in [0.4, 0.5) is 0 Å². The number of carbonyl (C=O) groups excluding carboxylic acids is 2. The van der Waals surface area contributed by atoms with Crippen molar-refractivity contribution in [1.29, 1.82) is 0 Å². The van der Waals surface area contributed by atoms with E-state index in [-0.39, 0.29) is 23.6 Å². The van der Waals surface area contributed by atoms with Crippen molar-refractivity contribution in [3.63, 3.8) is 0 Å². The number of carbonyl (C=O) groups is 2. The molecule has 2 amide bonds. The number of hydrogen-bond donors (Lipinski definition) is 1. The second kappa shape index (κ2) is 7.64. The van der Waals surface area contributed by atoms with Gasteiger partial charge in [-0.1, -0.05) is 24.0 Å². The molecule has 7 heteroatoms. The third-order valence-corrected chi connectivity index (χ3v) is 5.29. The predicted octanol–water partition coefficient (Wildman–Crippen LogP) is 2.61.